The molecule has 0 spiro atoms. The Morgan fingerprint density at radius 3 is 2.38 bits per heavy atom. The summed E-state index contributed by atoms with van der Waals surface area (Å²) in [5.74, 6) is 0.127. The maximum atomic E-state index is 12.3. The quantitative estimate of drug-likeness (QED) is 0.606. The lowest BCUT2D eigenvalue weighted by Gasteiger charge is -2.35. The molecule has 1 unspecified atom stereocenters. The molecule has 3 N–H and O–H groups in total. The molecule has 1 rings (SSSR count). The Bertz CT molecular complexity index is 325. The van der Waals surface area contributed by atoms with Crippen molar-refractivity contribution < 1.29 is 9.53 Å². The molecule has 1 aliphatic rings. The van der Waals surface area contributed by atoms with Gasteiger partial charge < -0.3 is 20.7 Å². The average molecular weight is 386 g/mol. The smallest absolute Gasteiger partial charge is 0.220 e. The number of hydrogen-bond donors (Lipinski definition) is 2. The SMILES string of the molecule is CCOC(CCN(C)C)CNC(=O)CC1(CN)CCCCC1.Cl.Cl. The van der Waals surface area contributed by atoms with Crippen LogP contribution in [0.3, 0.4) is 0 Å². The van der Waals surface area contributed by atoms with Gasteiger partial charge in [-0.05, 0) is 52.2 Å². The minimum atomic E-state index is 0. The molecule has 1 saturated carbocycles. The number of carbonyl (C=O) groups excluding carboxylic acids is 1. The number of amides is 1. The number of nitrogens with one attached hydrogen (secondary N) is 1. The Kier molecular flexibility index (Phi) is 15.4. The molecule has 0 aromatic carbocycles. The molecule has 1 atom stereocenters. The molecule has 24 heavy (non-hydrogen) atoms. The minimum absolute atomic E-state index is 0. The van der Waals surface area contributed by atoms with Gasteiger partial charge in [0.2, 0.25) is 5.91 Å². The van der Waals surface area contributed by atoms with Crippen molar-refractivity contribution in [3.63, 3.8) is 0 Å². The van der Waals surface area contributed by atoms with Gasteiger partial charge in [-0.15, -0.1) is 24.8 Å². The molecule has 0 aromatic rings. The lowest BCUT2D eigenvalue weighted by atomic mass is 9.71. The topological polar surface area (TPSA) is 67.6 Å². The van der Waals surface area contributed by atoms with Crippen LogP contribution in [-0.2, 0) is 9.53 Å². The lowest BCUT2D eigenvalue weighted by Crippen LogP contribution is -2.41. The fourth-order valence-corrected chi connectivity index (χ4v) is 3.27. The maximum absolute atomic E-state index is 12.3. The van der Waals surface area contributed by atoms with E-state index < -0.39 is 0 Å². The first-order valence-electron chi connectivity index (χ1n) is 8.74. The van der Waals surface area contributed by atoms with Crippen LogP contribution in [-0.4, -0.2) is 57.2 Å². The standard InChI is InChI=1S/C17H35N3O2.2ClH/c1-4-22-15(8-11-20(2)3)13-19-16(21)12-17(14-18)9-6-5-7-10-17;;/h15H,4-14,18H2,1-3H3,(H,19,21);2*1H. The van der Waals surface area contributed by atoms with Crippen LogP contribution < -0.4 is 11.1 Å². The van der Waals surface area contributed by atoms with E-state index in [0.29, 0.717) is 26.1 Å². The third kappa shape index (κ3) is 10.0. The van der Waals surface area contributed by atoms with Crippen molar-refractivity contribution in [1.29, 1.82) is 0 Å². The van der Waals surface area contributed by atoms with Crippen LogP contribution in [0.2, 0.25) is 0 Å². The van der Waals surface area contributed by atoms with Gasteiger partial charge in [-0.3, -0.25) is 4.79 Å². The molecule has 0 heterocycles. The zero-order chi connectivity index (χ0) is 16.4. The summed E-state index contributed by atoms with van der Waals surface area (Å²) in [4.78, 5) is 14.4. The Hall–Kier alpha value is -0.0700. The van der Waals surface area contributed by atoms with E-state index in [1.165, 1.54) is 19.3 Å². The maximum Gasteiger partial charge on any atom is 0.220 e. The summed E-state index contributed by atoms with van der Waals surface area (Å²) in [7, 11) is 4.10. The second-order valence-electron chi connectivity index (χ2n) is 6.91. The second kappa shape index (κ2) is 14.1. The highest BCUT2D eigenvalue weighted by Crippen LogP contribution is 2.38. The predicted octanol–water partition coefficient (Wildman–Crippen LogP) is 2.60. The van der Waals surface area contributed by atoms with E-state index in [1.807, 2.05) is 6.92 Å². The fraction of sp³-hybridized carbons (Fsp3) is 0.941. The van der Waals surface area contributed by atoms with Crippen LogP contribution in [0.1, 0.15) is 51.9 Å². The van der Waals surface area contributed by atoms with Gasteiger partial charge in [0.15, 0.2) is 0 Å². The molecule has 0 aliphatic heterocycles. The molecule has 146 valence electrons. The number of nitrogens with zero attached hydrogens (tertiary/aromatic N) is 1. The van der Waals surface area contributed by atoms with Gasteiger partial charge in [-0.2, -0.15) is 0 Å². The number of halogens is 2. The van der Waals surface area contributed by atoms with E-state index in [9.17, 15) is 4.79 Å². The number of nitrogens with two attached hydrogens (primary N) is 1. The van der Waals surface area contributed by atoms with Crippen LogP contribution in [0.4, 0.5) is 0 Å². The van der Waals surface area contributed by atoms with E-state index in [-0.39, 0.29) is 42.2 Å². The molecule has 5 nitrogen and oxygen atoms in total. The summed E-state index contributed by atoms with van der Waals surface area (Å²) >= 11 is 0. The van der Waals surface area contributed by atoms with E-state index in [0.717, 1.165) is 25.8 Å². The van der Waals surface area contributed by atoms with E-state index in [2.05, 4.69) is 24.3 Å². The Balaban J connectivity index is 0. The second-order valence-corrected chi connectivity index (χ2v) is 6.91. The molecule has 0 aromatic heterocycles. The third-order valence-corrected chi connectivity index (χ3v) is 4.71. The summed E-state index contributed by atoms with van der Waals surface area (Å²) in [5.41, 5.74) is 6.00. The molecular weight excluding hydrogens is 349 g/mol. The first-order valence-corrected chi connectivity index (χ1v) is 8.74. The van der Waals surface area contributed by atoms with Crippen molar-refractivity contribution >= 4 is 30.7 Å². The van der Waals surface area contributed by atoms with E-state index in [1.54, 1.807) is 0 Å². The normalized spacial score (nSPS) is 17.5. The van der Waals surface area contributed by atoms with Crippen molar-refractivity contribution in [2.45, 2.75) is 58.0 Å². The van der Waals surface area contributed by atoms with Crippen molar-refractivity contribution in [3.05, 3.63) is 0 Å². The molecule has 0 radical (unpaired) electrons. The van der Waals surface area contributed by atoms with Crippen LogP contribution in [0.25, 0.3) is 0 Å². The monoisotopic (exact) mass is 385 g/mol. The van der Waals surface area contributed by atoms with Crippen molar-refractivity contribution in [2.24, 2.45) is 11.1 Å². The van der Waals surface area contributed by atoms with Crippen LogP contribution in [0, 0.1) is 5.41 Å². The van der Waals surface area contributed by atoms with Gasteiger partial charge in [0.25, 0.3) is 0 Å². The highest BCUT2D eigenvalue weighted by Gasteiger charge is 2.32. The Morgan fingerprint density at radius 1 is 1.25 bits per heavy atom. The molecule has 7 heteroatoms. The average Bonchev–Trinajstić information content (AvgIpc) is 2.51. The number of ether oxygens (including phenoxy) is 1. The van der Waals surface area contributed by atoms with Crippen LogP contribution >= 0.6 is 24.8 Å². The highest BCUT2D eigenvalue weighted by molar-refractivity contribution is 5.85. The van der Waals surface area contributed by atoms with E-state index >= 15 is 0 Å². The van der Waals surface area contributed by atoms with Gasteiger partial charge in [0.05, 0.1) is 6.10 Å². The predicted molar refractivity (Wildman–Crippen MR) is 105 cm³/mol. The number of rotatable bonds is 10. The van der Waals surface area contributed by atoms with Crippen LogP contribution in [0.15, 0.2) is 0 Å². The lowest BCUT2D eigenvalue weighted by molar-refractivity contribution is -0.124. The van der Waals surface area contributed by atoms with E-state index in [4.69, 9.17) is 10.5 Å². The van der Waals surface area contributed by atoms with Gasteiger partial charge in [0.1, 0.15) is 0 Å². The van der Waals surface area contributed by atoms with Crippen molar-refractivity contribution in [2.75, 3.05) is 40.3 Å². The first kappa shape index (κ1) is 26.2. The summed E-state index contributed by atoms with van der Waals surface area (Å²) in [6, 6.07) is 0. The number of hydrogen-bond acceptors (Lipinski definition) is 4. The molecule has 1 aliphatic carbocycles. The molecule has 1 amide bonds. The summed E-state index contributed by atoms with van der Waals surface area (Å²) in [5, 5.41) is 3.06. The fourth-order valence-electron chi connectivity index (χ4n) is 3.27. The molecular formula is C17H37Cl2N3O2. The van der Waals surface area contributed by atoms with Crippen LogP contribution in [0.5, 0.6) is 0 Å². The highest BCUT2D eigenvalue weighted by atomic mass is 35.5. The summed E-state index contributed by atoms with van der Waals surface area (Å²) in [6.07, 6.45) is 7.46. The largest absolute Gasteiger partial charge is 0.377 e. The Labute approximate surface area is 160 Å². The molecule has 0 saturated heterocycles. The third-order valence-electron chi connectivity index (χ3n) is 4.71. The van der Waals surface area contributed by atoms with Gasteiger partial charge in [-0.1, -0.05) is 19.3 Å². The Morgan fingerprint density at radius 2 is 1.88 bits per heavy atom. The van der Waals surface area contributed by atoms with Gasteiger partial charge in [0, 0.05) is 26.1 Å². The van der Waals surface area contributed by atoms with Crippen molar-refractivity contribution in [1.82, 2.24) is 10.2 Å². The summed E-state index contributed by atoms with van der Waals surface area (Å²) in [6.45, 7) is 4.86. The van der Waals surface area contributed by atoms with Crippen molar-refractivity contribution in [3.8, 4) is 0 Å². The van der Waals surface area contributed by atoms with Gasteiger partial charge >= 0.3 is 0 Å². The zero-order valence-electron chi connectivity index (χ0n) is 15.5. The number of carbonyl (C=O) groups is 1. The van der Waals surface area contributed by atoms with Gasteiger partial charge in [-0.25, -0.2) is 0 Å². The summed E-state index contributed by atoms with van der Waals surface area (Å²) < 4.78 is 5.72. The minimum Gasteiger partial charge on any atom is -0.377 e. The zero-order valence-corrected chi connectivity index (χ0v) is 17.1. The first-order chi connectivity index (χ1) is 10.5. The molecule has 1 fully saturated rings. The molecule has 0 bridgehead atoms.